The van der Waals surface area contributed by atoms with Crippen molar-refractivity contribution in [3.63, 3.8) is 0 Å². The van der Waals surface area contributed by atoms with Gasteiger partial charge in [0, 0.05) is 27.1 Å². The van der Waals surface area contributed by atoms with Crippen molar-refractivity contribution in [1.82, 2.24) is 4.98 Å². The first-order valence-electron chi connectivity index (χ1n) is 10.6. The number of rotatable bonds is 0. The van der Waals surface area contributed by atoms with Crippen LogP contribution in [-0.4, -0.2) is 4.98 Å². The molecule has 1 aromatic heterocycles. The third-order valence-corrected chi connectivity index (χ3v) is 7.18. The van der Waals surface area contributed by atoms with E-state index < -0.39 is 0 Å². The van der Waals surface area contributed by atoms with Crippen LogP contribution in [0.25, 0.3) is 54.5 Å². The largest absolute Gasteiger partial charge is 0.354 e. The molecule has 0 spiro atoms. The summed E-state index contributed by atoms with van der Waals surface area (Å²) < 4.78 is 0. The van der Waals surface area contributed by atoms with Gasteiger partial charge in [-0.05, 0) is 50.5 Å². The molecule has 1 aliphatic carbocycles. The lowest BCUT2D eigenvalue weighted by atomic mass is 9.82. The summed E-state index contributed by atoms with van der Waals surface area (Å²) in [5.41, 5.74) is 8.09. The summed E-state index contributed by atoms with van der Waals surface area (Å²) in [6, 6.07) is 31.3. The SMILES string of the molecule is CC1(C)c2cc3[nH]c4c5ccccc5ccc4c3cc2-c2c1ccc1ccccc21. The van der Waals surface area contributed by atoms with Gasteiger partial charge in [-0.1, -0.05) is 86.6 Å². The highest BCUT2D eigenvalue weighted by atomic mass is 14.7. The number of aromatic amines is 1. The second kappa shape index (κ2) is 5.31. The molecule has 0 bridgehead atoms. The smallest absolute Gasteiger partial charge is 0.0544 e. The summed E-state index contributed by atoms with van der Waals surface area (Å²) >= 11 is 0. The van der Waals surface area contributed by atoms with Crippen LogP contribution < -0.4 is 0 Å². The van der Waals surface area contributed by atoms with Crippen molar-refractivity contribution in [3.05, 3.63) is 96.1 Å². The minimum atomic E-state index is -0.0117. The lowest BCUT2D eigenvalue weighted by molar-refractivity contribution is 0.661. The van der Waals surface area contributed by atoms with Crippen LogP contribution in [0.2, 0.25) is 0 Å². The molecule has 5 aromatic carbocycles. The first kappa shape index (κ1) is 16.2. The molecule has 30 heavy (non-hydrogen) atoms. The van der Waals surface area contributed by atoms with Crippen LogP contribution in [-0.2, 0) is 5.41 Å². The molecule has 1 heteroatoms. The van der Waals surface area contributed by atoms with Gasteiger partial charge in [-0.2, -0.15) is 0 Å². The average Bonchev–Trinajstić information content (AvgIpc) is 3.25. The standard InChI is InChI=1S/C29H21N/c1-29(2)24-14-12-17-7-3-5-9-19(17)27(24)23-15-22-21-13-11-18-8-4-6-10-20(18)28(21)30-26(22)16-25(23)29/h3-16,30H,1-2H3. The molecular formula is C29H21N. The van der Waals surface area contributed by atoms with Crippen LogP contribution in [0.15, 0.2) is 84.9 Å². The molecule has 1 heterocycles. The summed E-state index contributed by atoms with van der Waals surface area (Å²) in [6.45, 7) is 4.71. The van der Waals surface area contributed by atoms with Gasteiger partial charge in [-0.3, -0.25) is 0 Å². The minimum absolute atomic E-state index is 0.0117. The Bertz CT molecular complexity index is 1660. The lowest BCUT2D eigenvalue weighted by Crippen LogP contribution is -2.14. The Hall–Kier alpha value is -3.58. The molecule has 1 nitrogen and oxygen atoms in total. The van der Waals surface area contributed by atoms with Gasteiger partial charge in [-0.15, -0.1) is 0 Å². The zero-order valence-electron chi connectivity index (χ0n) is 17.1. The highest BCUT2D eigenvalue weighted by Crippen LogP contribution is 2.52. The second-order valence-corrected chi connectivity index (χ2v) is 9.11. The van der Waals surface area contributed by atoms with Gasteiger partial charge in [0.2, 0.25) is 0 Å². The molecule has 0 atom stereocenters. The van der Waals surface area contributed by atoms with E-state index in [2.05, 4.69) is 104 Å². The Morgan fingerprint density at radius 2 is 1.30 bits per heavy atom. The van der Waals surface area contributed by atoms with Gasteiger partial charge in [0.1, 0.15) is 0 Å². The van der Waals surface area contributed by atoms with Gasteiger partial charge in [0.15, 0.2) is 0 Å². The molecule has 142 valence electrons. The van der Waals surface area contributed by atoms with E-state index in [1.807, 2.05) is 0 Å². The van der Waals surface area contributed by atoms with Crippen molar-refractivity contribution in [1.29, 1.82) is 0 Å². The summed E-state index contributed by atoms with van der Waals surface area (Å²) in [5, 5.41) is 7.85. The van der Waals surface area contributed by atoms with Gasteiger partial charge < -0.3 is 4.98 Å². The maximum Gasteiger partial charge on any atom is 0.0544 e. The van der Waals surface area contributed by atoms with E-state index in [4.69, 9.17) is 0 Å². The van der Waals surface area contributed by atoms with Gasteiger partial charge >= 0.3 is 0 Å². The Morgan fingerprint density at radius 3 is 2.13 bits per heavy atom. The summed E-state index contributed by atoms with van der Waals surface area (Å²) in [5.74, 6) is 0. The molecule has 0 saturated carbocycles. The van der Waals surface area contributed by atoms with E-state index in [1.165, 1.54) is 65.6 Å². The molecule has 0 unspecified atom stereocenters. The molecule has 1 N–H and O–H groups in total. The number of hydrogen-bond acceptors (Lipinski definition) is 0. The minimum Gasteiger partial charge on any atom is -0.354 e. The Labute approximate surface area is 175 Å². The fraction of sp³-hybridized carbons (Fsp3) is 0.103. The molecule has 0 aliphatic heterocycles. The van der Waals surface area contributed by atoms with Crippen molar-refractivity contribution < 1.29 is 0 Å². The molecule has 6 aromatic rings. The van der Waals surface area contributed by atoms with Crippen LogP contribution in [0.5, 0.6) is 0 Å². The number of hydrogen-bond donors (Lipinski definition) is 1. The van der Waals surface area contributed by atoms with Crippen LogP contribution in [0.3, 0.4) is 0 Å². The van der Waals surface area contributed by atoms with E-state index in [0.717, 1.165) is 0 Å². The van der Waals surface area contributed by atoms with E-state index in [-0.39, 0.29) is 5.41 Å². The topological polar surface area (TPSA) is 15.8 Å². The number of nitrogens with one attached hydrogen (secondary N) is 1. The van der Waals surface area contributed by atoms with Crippen molar-refractivity contribution in [2.24, 2.45) is 0 Å². The van der Waals surface area contributed by atoms with Crippen LogP contribution in [0.4, 0.5) is 0 Å². The molecule has 0 saturated heterocycles. The number of benzene rings is 5. The Kier molecular flexibility index (Phi) is 2.88. The summed E-state index contributed by atoms with van der Waals surface area (Å²) in [6.07, 6.45) is 0. The van der Waals surface area contributed by atoms with Crippen molar-refractivity contribution in [3.8, 4) is 11.1 Å². The first-order valence-corrected chi connectivity index (χ1v) is 10.6. The van der Waals surface area contributed by atoms with E-state index in [1.54, 1.807) is 0 Å². The highest BCUT2D eigenvalue weighted by Gasteiger charge is 2.37. The van der Waals surface area contributed by atoms with Gasteiger partial charge in [0.25, 0.3) is 0 Å². The van der Waals surface area contributed by atoms with Crippen LogP contribution in [0, 0.1) is 0 Å². The molecule has 0 fully saturated rings. The molecular weight excluding hydrogens is 362 g/mol. The van der Waals surface area contributed by atoms with Gasteiger partial charge in [0.05, 0.1) is 5.52 Å². The fourth-order valence-corrected chi connectivity index (χ4v) is 5.64. The van der Waals surface area contributed by atoms with E-state index in [9.17, 15) is 0 Å². The average molecular weight is 383 g/mol. The van der Waals surface area contributed by atoms with Gasteiger partial charge in [-0.25, -0.2) is 0 Å². The molecule has 1 aliphatic rings. The summed E-state index contributed by atoms with van der Waals surface area (Å²) in [4.78, 5) is 3.75. The van der Waals surface area contributed by atoms with E-state index in [0.29, 0.717) is 0 Å². The Balaban J connectivity index is 1.65. The maximum atomic E-state index is 3.75. The van der Waals surface area contributed by atoms with Crippen molar-refractivity contribution in [2.45, 2.75) is 19.3 Å². The molecule has 7 rings (SSSR count). The predicted octanol–water partition coefficient (Wildman–Crippen LogP) is 7.93. The third kappa shape index (κ3) is 1.88. The highest BCUT2D eigenvalue weighted by molar-refractivity contribution is 6.18. The third-order valence-electron chi connectivity index (χ3n) is 7.18. The van der Waals surface area contributed by atoms with E-state index >= 15 is 0 Å². The fourth-order valence-electron chi connectivity index (χ4n) is 5.64. The number of aromatic nitrogens is 1. The zero-order valence-corrected chi connectivity index (χ0v) is 17.1. The second-order valence-electron chi connectivity index (χ2n) is 9.11. The Morgan fingerprint density at radius 1 is 0.600 bits per heavy atom. The first-order chi connectivity index (χ1) is 14.6. The molecule has 0 amide bonds. The van der Waals surface area contributed by atoms with Crippen LogP contribution in [0.1, 0.15) is 25.0 Å². The lowest BCUT2D eigenvalue weighted by Gasteiger charge is -2.21. The van der Waals surface area contributed by atoms with Crippen molar-refractivity contribution in [2.75, 3.05) is 0 Å². The normalized spacial score (nSPS) is 14.6. The van der Waals surface area contributed by atoms with Crippen molar-refractivity contribution >= 4 is 43.4 Å². The monoisotopic (exact) mass is 383 g/mol. The number of fused-ring (bicyclic) bond motifs is 10. The maximum absolute atomic E-state index is 3.75. The number of H-pyrrole nitrogens is 1. The molecule has 0 radical (unpaired) electrons. The summed E-state index contributed by atoms with van der Waals surface area (Å²) in [7, 11) is 0. The predicted molar refractivity (Wildman–Crippen MR) is 128 cm³/mol. The zero-order chi connectivity index (χ0) is 20.0. The quantitative estimate of drug-likeness (QED) is 0.274. The van der Waals surface area contributed by atoms with Crippen LogP contribution >= 0.6 is 0 Å².